The summed E-state index contributed by atoms with van der Waals surface area (Å²) in [4.78, 5) is 25.3. The van der Waals surface area contributed by atoms with Crippen molar-refractivity contribution in [3.63, 3.8) is 0 Å². The van der Waals surface area contributed by atoms with Gasteiger partial charge in [-0.15, -0.1) is 0 Å². The number of halogens is 2. The van der Waals surface area contributed by atoms with Crippen LogP contribution in [-0.2, 0) is 6.54 Å². The molecule has 0 aliphatic heterocycles. The molecule has 0 saturated carbocycles. The number of rotatable bonds is 3. The fourth-order valence-electron chi connectivity index (χ4n) is 1.55. The van der Waals surface area contributed by atoms with E-state index in [2.05, 4.69) is 20.9 Å². The zero-order valence-corrected chi connectivity index (χ0v) is 11.0. The minimum absolute atomic E-state index is 0.0520. The third-order valence-electron chi connectivity index (χ3n) is 2.45. The number of nitro groups is 1. The number of aromatic nitrogens is 2. The van der Waals surface area contributed by atoms with Crippen LogP contribution < -0.4 is 5.56 Å². The first-order chi connectivity index (χ1) is 9.00. The molecular weight excluding hydrogens is 321 g/mol. The number of hydrogen-bond donors (Lipinski definition) is 0. The lowest BCUT2D eigenvalue weighted by molar-refractivity contribution is -0.387. The first-order valence-electron chi connectivity index (χ1n) is 5.12. The van der Waals surface area contributed by atoms with Gasteiger partial charge in [-0.1, -0.05) is 12.1 Å². The minimum Gasteiger partial charge on any atom is -0.294 e. The molecule has 0 amide bonds. The van der Waals surface area contributed by atoms with Gasteiger partial charge in [-0.3, -0.25) is 19.5 Å². The molecule has 1 heterocycles. The van der Waals surface area contributed by atoms with Gasteiger partial charge in [0.2, 0.25) is 5.82 Å². The van der Waals surface area contributed by atoms with Gasteiger partial charge in [0.15, 0.2) is 0 Å². The molecule has 1 aromatic carbocycles. The van der Waals surface area contributed by atoms with E-state index in [1.165, 1.54) is 24.7 Å². The summed E-state index contributed by atoms with van der Waals surface area (Å²) >= 11 is 3.02. The van der Waals surface area contributed by atoms with Crippen LogP contribution in [0.5, 0.6) is 0 Å². The van der Waals surface area contributed by atoms with E-state index in [4.69, 9.17) is 0 Å². The molecule has 0 N–H and O–H groups in total. The van der Waals surface area contributed by atoms with Crippen LogP contribution in [0.2, 0.25) is 0 Å². The third kappa shape index (κ3) is 2.68. The molecule has 98 valence electrons. The molecule has 0 unspecified atom stereocenters. The second-order valence-corrected chi connectivity index (χ2v) is 4.54. The lowest BCUT2D eigenvalue weighted by Gasteiger charge is -2.06. The smallest absolute Gasteiger partial charge is 0.294 e. The first kappa shape index (κ1) is 13.3. The number of nitro benzene ring substituents is 1. The van der Waals surface area contributed by atoms with Crippen molar-refractivity contribution in [1.82, 2.24) is 9.55 Å². The molecule has 2 aromatic rings. The van der Waals surface area contributed by atoms with Crippen LogP contribution in [0.3, 0.4) is 0 Å². The van der Waals surface area contributed by atoms with Gasteiger partial charge in [0.1, 0.15) is 4.47 Å². The Morgan fingerprint density at radius 1 is 1.47 bits per heavy atom. The fraction of sp³-hybridized carbons (Fsp3) is 0.0909. The second-order valence-electron chi connectivity index (χ2n) is 3.68. The van der Waals surface area contributed by atoms with E-state index >= 15 is 0 Å². The van der Waals surface area contributed by atoms with Gasteiger partial charge >= 0.3 is 5.69 Å². The normalized spacial score (nSPS) is 10.4. The van der Waals surface area contributed by atoms with E-state index in [0.717, 1.165) is 10.6 Å². The van der Waals surface area contributed by atoms with Crippen LogP contribution in [0, 0.1) is 15.9 Å². The summed E-state index contributed by atoms with van der Waals surface area (Å²) in [5.74, 6) is -0.945. The predicted molar refractivity (Wildman–Crippen MR) is 68.4 cm³/mol. The van der Waals surface area contributed by atoms with Gasteiger partial charge in [0.05, 0.1) is 17.8 Å². The zero-order valence-electron chi connectivity index (χ0n) is 9.42. The van der Waals surface area contributed by atoms with Crippen LogP contribution in [0.1, 0.15) is 5.56 Å². The molecule has 0 bridgehead atoms. The Morgan fingerprint density at radius 2 is 2.21 bits per heavy atom. The lowest BCUT2D eigenvalue weighted by Crippen LogP contribution is -2.21. The summed E-state index contributed by atoms with van der Waals surface area (Å²) in [6.07, 6.45) is 2.56. The molecule has 0 saturated heterocycles. The van der Waals surface area contributed by atoms with Crippen LogP contribution in [-0.4, -0.2) is 14.5 Å². The summed E-state index contributed by atoms with van der Waals surface area (Å²) < 4.78 is 15.2. The highest BCUT2D eigenvalue weighted by atomic mass is 79.9. The van der Waals surface area contributed by atoms with Gasteiger partial charge in [-0.25, -0.2) is 4.98 Å². The first-order valence-corrected chi connectivity index (χ1v) is 5.91. The summed E-state index contributed by atoms with van der Waals surface area (Å²) in [5, 5.41) is 10.6. The van der Waals surface area contributed by atoms with E-state index in [-0.39, 0.29) is 22.1 Å². The van der Waals surface area contributed by atoms with Crippen LogP contribution in [0.4, 0.5) is 10.1 Å². The predicted octanol–water partition coefficient (Wildman–Crippen LogP) is 2.10. The molecule has 6 nitrogen and oxygen atoms in total. The van der Waals surface area contributed by atoms with E-state index < -0.39 is 16.4 Å². The summed E-state index contributed by atoms with van der Waals surface area (Å²) in [6.45, 7) is -0.126. The quantitative estimate of drug-likeness (QED) is 0.638. The molecule has 0 spiro atoms. The molecule has 8 heteroatoms. The summed E-state index contributed by atoms with van der Waals surface area (Å²) in [6, 6.07) is 3.82. The molecule has 0 fully saturated rings. The fourth-order valence-corrected chi connectivity index (χ4v) is 1.90. The Morgan fingerprint density at radius 3 is 2.89 bits per heavy atom. The van der Waals surface area contributed by atoms with E-state index in [0.29, 0.717) is 0 Å². The Labute approximate surface area is 114 Å². The Hall–Kier alpha value is -2.09. The molecule has 0 aliphatic rings. The molecule has 2 rings (SSSR count). The maximum Gasteiger partial charge on any atom is 0.305 e. The van der Waals surface area contributed by atoms with Crippen molar-refractivity contribution in [2.75, 3.05) is 0 Å². The van der Waals surface area contributed by atoms with Gasteiger partial charge in [0.25, 0.3) is 5.56 Å². The van der Waals surface area contributed by atoms with Crippen molar-refractivity contribution in [1.29, 1.82) is 0 Å². The largest absolute Gasteiger partial charge is 0.305 e. The molecular formula is C11H7BrFN3O3. The SMILES string of the molecule is O=c1c(Br)cncn1Cc1cccc([N+](=O)[O-])c1F. The van der Waals surface area contributed by atoms with Crippen LogP contribution >= 0.6 is 15.9 Å². The maximum atomic E-state index is 13.9. The van der Waals surface area contributed by atoms with Crippen molar-refractivity contribution in [2.24, 2.45) is 0 Å². The van der Waals surface area contributed by atoms with Crippen molar-refractivity contribution in [2.45, 2.75) is 6.54 Å². The zero-order chi connectivity index (χ0) is 14.0. The maximum absolute atomic E-state index is 13.9. The molecule has 0 radical (unpaired) electrons. The van der Waals surface area contributed by atoms with Crippen molar-refractivity contribution < 1.29 is 9.31 Å². The highest BCUT2D eigenvalue weighted by Crippen LogP contribution is 2.20. The van der Waals surface area contributed by atoms with Crippen LogP contribution in [0.15, 0.2) is 40.0 Å². The van der Waals surface area contributed by atoms with Crippen molar-refractivity contribution in [3.05, 3.63) is 67.0 Å². The molecule has 1 aromatic heterocycles. The highest BCUT2D eigenvalue weighted by molar-refractivity contribution is 9.10. The molecule has 19 heavy (non-hydrogen) atoms. The second kappa shape index (κ2) is 5.27. The number of hydrogen-bond acceptors (Lipinski definition) is 4. The minimum atomic E-state index is -0.945. The van der Waals surface area contributed by atoms with Crippen molar-refractivity contribution >= 4 is 21.6 Å². The Balaban J connectivity index is 2.45. The van der Waals surface area contributed by atoms with Crippen LogP contribution in [0.25, 0.3) is 0 Å². The number of nitrogens with zero attached hydrogens (tertiary/aromatic N) is 3. The number of benzene rings is 1. The average molecular weight is 328 g/mol. The third-order valence-corrected chi connectivity index (χ3v) is 3.00. The lowest BCUT2D eigenvalue weighted by atomic mass is 10.2. The Kier molecular flexibility index (Phi) is 3.70. The van der Waals surface area contributed by atoms with E-state index in [9.17, 15) is 19.3 Å². The summed E-state index contributed by atoms with van der Waals surface area (Å²) in [7, 11) is 0. The van der Waals surface area contributed by atoms with Gasteiger partial charge in [0, 0.05) is 17.8 Å². The topological polar surface area (TPSA) is 78.0 Å². The van der Waals surface area contributed by atoms with E-state index in [1.807, 2.05) is 0 Å². The van der Waals surface area contributed by atoms with Gasteiger partial charge < -0.3 is 0 Å². The van der Waals surface area contributed by atoms with Crippen molar-refractivity contribution in [3.8, 4) is 0 Å². The molecule has 0 aliphatic carbocycles. The summed E-state index contributed by atoms with van der Waals surface area (Å²) in [5.41, 5.74) is -0.953. The van der Waals surface area contributed by atoms with E-state index in [1.54, 1.807) is 0 Å². The average Bonchev–Trinajstić information content (AvgIpc) is 2.37. The monoisotopic (exact) mass is 327 g/mol. The van der Waals surface area contributed by atoms with Gasteiger partial charge in [-0.05, 0) is 15.9 Å². The highest BCUT2D eigenvalue weighted by Gasteiger charge is 2.17. The Bertz CT molecular complexity index is 702. The standard InChI is InChI=1S/C11H7BrFN3O3/c12-8-4-14-6-15(11(8)17)5-7-2-1-3-9(10(7)13)16(18)19/h1-4,6H,5H2. The molecule has 0 atom stereocenters. The van der Waals surface area contributed by atoms with Gasteiger partial charge in [-0.2, -0.15) is 4.39 Å².